The van der Waals surface area contributed by atoms with Gasteiger partial charge in [-0.05, 0) is 66.2 Å². The fourth-order valence-electron chi connectivity index (χ4n) is 2.23. The average Bonchev–Trinajstić information content (AvgIpc) is 2.59. The summed E-state index contributed by atoms with van der Waals surface area (Å²) in [7, 11) is -8.35. The molecule has 0 saturated carbocycles. The van der Waals surface area contributed by atoms with Crippen LogP contribution in [0.5, 0.6) is 0 Å². The van der Waals surface area contributed by atoms with E-state index in [0.29, 0.717) is 0 Å². The summed E-state index contributed by atoms with van der Waals surface area (Å²) in [5, 5.41) is 0. The molecule has 0 amide bonds. The lowest BCUT2D eigenvalue weighted by Gasteiger charge is -2.13. The van der Waals surface area contributed by atoms with Gasteiger partial charge in [-0.15, -0.1) is 0 Å². The predicted molar refractivity (Wildman–Crippen MR) is 117 cm³/mol. The van der Waals surface area contributed by atoms with Crippen molar-refractivity contribution in [3.63, 3.8) is 0 Å². The van der Waals surface area contributed by atoms with Crippen LogP contribution in [0.4, 0.5) is 0 Å². The Morgan fingerprint density at radius 2 is 1.38 bits per heavy atom. The molecule has 0 aliphatic carbocycles. The molecule has 0 aromatic carbocycles. The van der Waals surface area contributed by atoms with Gasteiger partial charge in [0.1, 0.15) is 0 Å². The minimum absolute atomic E-state index is 0.205. The summed E-state index contributed by atoms with van der Waals surface area (Å²) in [6, 6.07) is 0. The first-order valence-corrected chi connectivity index (χ1v) is 12.6. The van der Waals surface area contributed by atoms with E-state index in [1.165, 1.54) is 11.1 Å². The summed E-state index contributed by atoms with van der Waals surface area (Å²) in [5.41, 5.74) is 3.66. The van der Waals surface area contributed by atoms with Gasteiger partial charge < -0.3 is 9.79 Å². The lowest BCUT2D eigenvalue weighted by molar-refractivity contribution is 0.178. The normalized spacial score (nSPS) is 17.2. The van der Waals surface area contributed by atoms with Crippen molar-refractivity contribution in [2.45, 2.75) is 66.2 Å². The summed E-state index contributed by atoms with van der Waals surface area (Å²) >= 11 is 0. The van der Waals surface area contributed by atoms with E-state index in [1.807, 2.05) is 6.92 Å². The molecule has 2 N–H and O–H groups in total. The molecule has 9 heteroatoms. The van der Waals surface area contributed by atoms with Gasteiger partial charge in [0.2, 0.25) is 0 Å². The molecule has 0 spiro atoms. The van der Waals surface area contributed by atoms with E-state index in [1.54, 1.807) is 6.08 Å². The molecule has 29 heavy (non-hydrogen) atoms. The average molecular weight is 450 g/mol. The zero-order valence-electron chi connectivity index (χ0n) is 18.2. The van der Waals surface area contributed by atoms with Crippen molar-refractivity contribution < 1.29 is 32.3 Å². The number of unbranched alkanes of at least 4 members (excludes halogenated alkanes) is 1. The Morgan fingerprint density at radius 1 is 0.793 bits per heavy atom. The van der Waals surface area contributed by atoms with Crippen LogP contribution >= 0.6 is 15.6 Å². The Labute approximate surface area is 175 Å². The SMILES string of the molecule is COP(=O)(O)OP(=O)(O)OC/C=C(/C)CC/C=C(/C)CCC=CCCC=C(C)C. The van der Waals surface area contributed by atoms with Crippen molar-refractivity contribution in [1.82, 2.24) is 0 Å². The molecular weight excluding hydrogens is 414 g/mol. The maximum atomic E-state index is 11.5. The Kier molecular flexibility index (Phi) is 14.7. The molecule has 0 fully saturated rings. The second-order valence-corrected chi connectivity index (χ2v) is 10.2. The molecule has 0 rings (SSSR count). The van der Waals surface area contributed by atoms with Crippen LogP contribution in [0.15, 0.2) is 47.1 Å². The molecule has 0 aromatic heterocycles. The van der Waals surface area contributed by atoms with Gasteiger partial charge in [0, 0.05) is 7.11 Å². The standard InChI is InChI=1S/C20H36O7P2/c1-18(2)12-9-7-6-8-10-13-19(3)14-11-15-20(4)16-17-26-29(23,24)27-28(21,22)25-5/h6,8,12,14,16H,7,9-11,13,15,17H2,1-5H3,(H,21,22)(H,23,24)/b8-6?,19-14-,20-16-. The highest BCUT2D eigenvalue weighted by atomic mass is 31.3. The minimum Gasteiger partial charge on any atom is -0.302 e. The molecule has 0 aromatic rings. The van der Waals surface area contributed by atoms with Crippen molar-refractivity contribution >= 4 is 15.6 Å². The van der Waals surface area contributed by atoms with Crippen molar-refractivity contribution in [2.75, 3.05) is 13.7 Å². The molecule has 0 radical (unpaired) electrons. The maximum absolute atomic E-state index is 11.5. The number of phosphoric acid groups is 2. The van der Waals surface area contributed by atoms with Gasteiger partial charge in [0.25, 0.3) is 0 Å². The van der Waals surface area contributed by atoms with E-state index in [0.717, 1.165) is 51.2 Å². The lowest BCUT2D eigenvalue weighted by Crippen LogP contribution is -1.96. The Bertz CT molecular complexity index is 689. The second kappa shape index (κ2) is 15.1. The summed E-state index contributed by atoms with van der Waals surface area (Å²) in [6.07, 6.45) is 16.4. The fourth-order valence-corrected chi connectivity index (χ4v) is 3.99. The van der Waals surface area contributed by atoms with E-state index < -0.39 is 15.6 Å². The number of rotatable bonds is 15. The number of phosphoric ester groups is 2. The molecule has 0 bridgehead atoms. The third-order valence-corrected chi connectivity index (χ3v) is 6.48. The van der Waals surface area contributed by atoms with E-state index in [4.69, 9.17) is 4.89 Å². The third-order valence-electron chi connectivity index (χ3n) is 3.90. The largest absolute Gasteiger partial charge is 0.481 e. The first-order valence-electron chi connectivity index (χ1n) is 9.64. The Balaban J connectivity index is 4.12. The van der Waals surface area contributed by atoms with Crippen molar-refractivity contribution in [3.05, 3.63) is 47.1 Å². The van der Waals surface area contributed by atoms with Crippen LogP contribution in [-0.2, 0) is 22.5 Å². The number of hydrogen-bond donors (Lipinski definition) is 2. The van der Waals surface area contributed by atoms with E-state index in [9.17, 15) is 14.0 Å². The summed E-state index contributed by atoms with van der Waals surface area (Å²) < 4.78 is 35.5. The lowest BCUT2D eigenvalue weighted by atomic mass is 10.1. The third kappa shape index (κ3) is 17.8. The highest BCUT2D eigenvalue weighted by Crippen LogP contribution is 2.59. The molecule has 0 heterocycles. The molecule has 7 nitrogen and oxygen atoms in total. The molecule has 0 saturated heterocycles. The zero-order chi connectivity index (χ0) is 22.3. The van der Waals surface area contributed by atoms with Gasteiger partial charge in [-0.1, -0.05) is 47.1 Å². The van der Waals surface area contributed by atoms with Gasteiger partial charge in [-0.3, -0.25) is 9.05 Å². The molecule has 2 atom stereocenters. The molecular formula is C20H36O7P2. The van der Waals surface area contributed by atoms with Gasteiger partial charge in [-0.25, -0.2) is 9.13 Å². The van der Waals surface area contributed by atoms with Crippen LogP contribution in [0, 0.1) is 0 Å². The first kappa shape index (κ1) is 28.2. The second-order valence-electron chi connectivity index (χ2n) is 7.01. The quantitative estimate of drug-likeness (QED) is 0.164. The highest BCUT2D eigenvalue weighted by molar-refractivity contribution is 7.61. The van der Waals surface area contributed by atoms with Crippen LogP contribution in [-0.4, -0.2) is 23.5 Å². The highest BCUT2D eigenvalue weighted by Gasteiger charge is 2.33. The number of allylic oxidation sites excluding steroid dienone is 7. The topological polar surface area (TPSA) is 102 Å². The summed E-state index contributed by atoms with van der Waals surface area (Å²) in [4.78, 5) is 18.4. The fraction of sp³-hybridized carbons (Fsp3) is 0.600. The predicted octanol–water partition coefficient (Wildman–Crippen LogP) is 6.62. The van der Waals surface area contributed by atoms with Gasteiger partial charge in [0.15, 0.2) is 0 Å². The number of hydrogen-bond acceptors (Lipinski definition) is 5. The first-order chi connectivity index (χ1) is 13.5. The Hall–Kier alpha value is -0.780. The monoisotopic (exact) mass is 450 g/mol. The van der Waals surface area contributed by atoms with E-state index in [2.05, 4.69) is 58.4 Å². The Morgan fingerprint density at radius 3 is 2.00 bits per heavy atom. The van der Waals surface area contributed by atoms with Crippen LogP contribution in [0.2, 0.25) is 0 Å². The zero-order valence-corrected chi connectivity index (χ0v) is 20.0. The van der Waals surface area contributed by atoms with Crippen LogP contribution in [0.25, 0.3) is 0 Å². The van der Waals surface area contributed by atoms with Gasteiger partial charge >= 0.3 is 15.6 Å². The van der Waals surface area contributed by atoms with Crippen LogP contribution in [0.3, 0.4) is 0 Å². The molecule has 0 aliphatic rings. The smallest absolute Gasteiger partial charge is 0.302 e. The molecule has 2 unspecified atom stereocenters. The van der Waals surface area contributed by atoms with Crippen molar-refractivity contribution in [3.8, 4) is 0 Å². The summed E-state index contributed by atoms with van der Waals surface area (Å²) in [5.74, 6) is 0. The van der Waals surface area contributed by atoms with E-state index in [-0.39, 0.29) is 6.61 Å². The van der Waals surface area contributed by atoms with Crippen molar-refractivity contribution in [2.24, 2.45) is 0 Å². The minimum atomic E-state index is -4.66. The van der Waals surface area contributed by atoms with Gasteiger partial charge in [-0.2, -0.15) is 4.31 Å². The molecule has 0 aliphatic heterocycles. The maximum Gasteiger partial charge on any atom is 0.481 e. The van der Waals surface area contributed by atoms with Crippen LogP contribution < -0.4 is 0 Å². The van der Waals surface area contributed by atoms with Crippen molar-refractivity contribution in [1.29, 1.82) is 0 Å². The summed E-state index contributed by atoms with van der Waals surface area (Å²) in [6.45, 7) is 8.01. The molecule has 168 valence electrons. The van der Waals surface area contributed by atoms with Crippen LogP contribution in [0.1, 0.15) is 66.2 Å². The van der Waals surface area contributed by atoms with E-state index >= 15 is 0 Å². The van der Waals surface area contributed by atoms with Gasteiger partial charge in [0.05, 0.1) is 6.61 Å².